The van der Waals surface area contributed by atoms with Crippen LogP contribution in [0.25, 0.3) is 16.8 Å². The summed E-state index contributed by atoms with van der Waals surface area (Å²) in [5.41, 5.74) is 6.64. The normalized spacial score (nSPS) is 17.9. The Kier molecular flexibility index (Phi) is 6.03. The number of nitrogens with zero attached hydrogens (tertiary/aromatic N) is 2. The van der Waals surface area contributed by atoms with Crippen molar-refractivity contribution in [2.75, 3.05) is 38.3 Å². The second kappa shape index (κ2) is 9.26. The molecule has 33 heavy (non-hydrogen) atoms. The minimum absolute atomic E-state index is 0.00346. The fraction of sp³-hybridized carbons (Fsp3) is 0.179. The summed E-state index contributed by atoms with van der Waals surface area (Å²) in [5, 5.41) is 0.697. The Labute approximate surface area is 199 Å². The van der Waals surface area contributed by atoms with Crippen molar-refractivity contribution < 1.29 is 9.53 Å². The molecule has 0 unspecified atom stereocenters. The highest BCUT2D eigenvalue weighted by atomic mass is 35.5. The van der Waals surface area contributed by atoms with Gasteiger partial charge in [0.05, 0.1) is 24.5 Å². The number of rotatable bonds is 4. The zero-order valence-electron chi connectivity index (χ0n) is 18.5. The van der Waals surface area contributed by atoms with Crippen LogP contribution in [0, 0.1) is 0 Å². The Balaban J connectivity index is 1.77. The predicted molar refractivity (Wildman–Crippen MR) is 135 cm³/mol. The van der Waals surface area contributed by atoms with Crippen LogP contribution in [-0.4, -0.2) is 44.2 Å². The van der Waals surface area contributed by atoms with Crippen LogP contribution in [-0.2, 0) is 9.53 Å². The highest BCUT2D eigenvalue weighted by Crippen LogP contribution is 2.41. The molecule has 4 nitrogen and oxygen atoms in total. The zero-order chi connectivity index (χ0) is 22.8. The number of hydrogen-bond acceptors (Lipinski definition) is 3. The van der Waals surface area contributed by atoms with Crippen molar-refractivity contribution >= 4 is 40.0 Å². The lowest BCUT2D eigenvalue weighted by atomic mass is 9.93. The van der Waals surface area contributed by atoms with E-state index in [-0.39, 0.29) is 5.91 Å². The topological polar surface area (TPSA) is 32.8 Å². The number of anilines is 1. The summed E-state index contributed by atoms with van der Waals surface area (Å²) >= 11 is 6.19. The number of morpholine rings is 1. The van der Waals surface area contributed by atoms with Gasteiger partial charge in [-0.3, -0.25) is 4.79 Å². The second-order valence-corrected chi connectivity index (χ2v) is 8.61. The van der Waals surface area contributed by atoms with Crippen molar-refractivity contribution in [3.8, 4) is 0 Å². The number of hydrogen-bond donors (Lipinski definition) is 0. The molecular formula is C28H25ClN2O2. The molecule has 0 saturated carbocycles. The van der Waals surface area contributed by atoms with Gasteiger partial charge in [-0.15, -0.1) is 0 Å². The minimum atomic E-state index is 0.00346. The van der Waals surface area contributed by atoms with E-state index >= 15 is 0 Å². The Morgan fingerprint density at radius 3 is 2.27 bits per heavy atom. The number of allylic oxidation sites excluding steroid dienone is 2. The van der Waals surface area contributed by atoms with Gasteiger partial charge < -0.3 is 14.5 Å². The summed E-state index contributed by atoms with van der Waals surface area (Å²) in [7, 11) is 1.84. The molecule has 0 N–H and O–H groups in total. The molecule has 2 heterocycles. The van der Waals surface area contributed by atoms with Crippen LogP contribution in [0.3, 0.4) is 0 Å². The molecule has 3 aromatic carbocycles. The largest absolute Gasteiger partial charge is 0.378 e. The van der Waals surface area contributed by atoms with Crippen molar-refractivity contribution in [2.24, 2.45) is 0 Å². The molecule has 166 valence electrons. The van der Waals surface area contributed by atoms with Gasteiger partial charge in [0.25, 0.3) is 5.91 Å². The Hall–Kier alpha value is -3.34. The van der Waals surface area contributed by atoms with Crippen LogP contribution in [0.2, 0.25) is 5.02 Å². The summed E-state index contributed by atoms with van der Waals surface area (Å²) < 4.78 is 5.61. The van der Waals surface area contributed by atoms with Gasteiger partial charge in [-0.1, -0.05) is 72.3 Å². The van der Waals surface area contributed by atoms with Gasteiger partial charge in [-0.2, -0.15) is 0 Å². The lowest BCUT2D eigenvalue weighted by molar-refractivity contribution is -0.112. The number of para-hydroxylation sites is 1. The van der Waals surface area contributed by atoms with Crippen molar-refractivity contribution in [1.82, 2.24) is 4.90 Å². The third-order valence-electron chi connectivity index (χ3n) is 6.18. The van der Waals surface area contributed by atoms with E-state index in [9.17, 15) is 4.79 Å². The Bertz CT molecular complexity index is 1230. The van der Waals surface area contributed by atoms with Gasteiger partial charge in [0.1, 0.15) is 0 Å². The van der Waals surface area contributed by atoms with E-state index in [2.05, 4.69) is 23.1 Å². The quantitative estimate of drug-likeness (QED) is 0.479. The van der Waals surface area contributed by atoms with Crippen LogP contribution >= 0.6 is 11.6 Å². The third-order valence-corrected chi connectivity index (χ3v) is 6.43. The van der Waals surface area contributed by atoms with Gasteiger partial charge in [0, 0.05) is 36.4 Å². The number of carbonyl (C=O) groups is 1. The van der Waals surface area contributed by atoms with Crippen LogP contribution in [0.1, 0.15) is 16.7 Å². The third kappa shape index (κ3) is 4.20. The molecule has 1 fully saturated rings. The molecule has 0 radical (unpaired) electrons. The number of ether oxygens (including phenoxy) is 1. The molecular weight excluding hydrogens is 432 g/mol. The number of benzene rings is 3. The lowest BCUT2D eigenvalue weighted by Crippen LogP contribution is -2.35. The molecule has 2 aliphatic rings. The van der Waals surface area contributed by atoms with E-state index in [1.165, 1.54) is 0 Å². The number of fused-ring (bicyclic) bond motifs is 1. The molecule has 0 spiro atoms. The molecule has 0 aromatic heterocycles. The SMILES string of the molecule is CN1C(=O)/C(=C(/C=C(/c2ccc(Cl)cc2)N2CCOCC2)c2ccccc2)c2ccccc21. The predicted octanol–water partition coefficient (Wildman–Crippen LogP) is 5.60. The van der Waals surface area contributed by atoms with Gasteiger partial charge in [-0.25, -0.2) is 0 Å². The molecule has 0 aliphatic carbocycles. The summed E-state index contributed by atoms with van der Waals surface area (Å²) in [5.74, 6) is 0.00346. The van der Waals surface area contributed by atoms with Crippen LogP contribution < -0.4 is 4.90 Å². The minimum Gasteiger partial charge on any atom is -0.378 e. The van der Waals surface area contributed by atoms with Crippen molar-refractivity contribution in [3.63, 3.8) is 0 Å². The van der Waals surface area contributed by atoms with E-state index in [0.29, 0.717) is 18.2 Å². The molecule has 5 heteroatoms. The van der Waals surface area contributed by atoms with Crippen molar-refractivity contribution in [3.05, 3.63) is 107 Å². The standard InChI is InChI=1S/C28H25ClN2O2/c1-30-25-10-6-5-9-23(25)27(28(30)32)24(20-7-3-2-4-8-20)19-26(31-15-17-33-18-16-31)21-11-13-22(29)14-12-21/h2-14,19H,15-18H2,1H3/b26-19-,27-24-. The van der Waals surface area contributed by atoms with E-state index in [1.54, 1.807) is 4.90 Å². The number of carbonyl (C=O) groups excluding carboxylic acids is 1. The maximum absolute atomic E-state index is 13.5. The van der Waals surface area contributed by atoms with E-state index in [4.69, 9.17) is 16.3 Å². The van der Waals surface area contributed by atoms with Crippen LogP contribution in [0.5, 0.6) is 0 Å². The number of amides is 1. The van der Waals surface area contributed by atoms with E-state index < -0.39 is 0 Å². The molecule has 5 rings (SSSR count). The summed E-state index contributed by atoms with van der Waals surface area (Å²) in [4.78, 5) is 17.6. The van der Waals surface area contributed by atoms with E-state index in [0.717, 1.165) is 52.3 Å². The second-order valence-electron chi connectivity index (χ2n) is 8.17. The first kappa shape index (κ1) is 21.5. The zero-order valence-corrected chi connectivity index (χ0v) is 19.3. The lowest BCUT2D eigenvalue weighted by Gasteiger charge is -2.32. The highest BCUT2D eigenvalue weighted by Gasteiger charge is 2.32. The molecule has 1 amide bonds. The number of halogens is 1. The van der Waals surface area contributed by atoms with Crippen molar-refractivity contribution in [1.29, 1.82) is 0 Å². The fourth-order valence-corrected chi connectivity index (χ4v) is 4.59. The molecule has 3 aromatic rings. The fourth-order valence-electron chi connectivity index (χ4n) is 4.47. The Morgan fingerprint density at radius 1 is 0.879 bits per heavy atom. The Morgan fingerprint density at radius 2 is 1.55 bits per heavy atom. The molecule has 1 saturated heterocycles. The van der Waals surface area contributed by atoms with E-state index in [1.807, 2.05) is 73.8 Å². The van der Waals surface area contributed by atoms with Gasteiger partial charge in [0.2, 0.25) is 0 Å². The maximum atomic E-state index is 13.5. The van der Waals surface area contributed by atoms with Gasteiger partial charge in [-0.05, 0) is 41.0 Å². The molecule has 0 atom stereocenters. The first-order valence-corrected chi connectivity index (χ1v) is 11.5. The monoisotopic (exact) mass is 456 g/mol. The summed E-state index contributed by atoms with van der Waals surface area (Å²) in [6, 6.07) is 26.0. The summed E-state index contributed by atoms with van der Waals surface area (Å²) in [6.45, 7) is 2.92. The molecule has 2 aliphatic heterocycles. The first-order valence-electron chi connectivity index (χ1n) is 11.1. The average Bonchev–Trinajstić information content (AvgIpc) is 3.12. The smallest absolute Gasteiger partial charge is 0.259 e. The van der Waals surface area contributed by atoms with Crippen LogP contribution in [0.4, 0.5) is 5.69 Å². The van der Waals surface area contributed by atoms with Gasteiger partial charge in [0.15, 0.2) is 0 Å². The maximum Gasteiger partial charge on any atom is 0.259 e. The average molecular weight is 457 g/mol. The highest BCUT2D eigenvalue weighted by molar-refractivity contribution is 6.38. The van der Waals surface area contributed by atoms with Crippen molar-refractivity contribution in [2.45, 2.75) is 0 Å². The molecule has 0 bridgehead atoms. The summed E-state index contributed by atoms with van der Waals surface area (Å²) in [6.07, 6.45) is 2.16. The van der Waals surface area contributed by atoms with Gasteiger partial charge >= 0.3 is 0 Å². The number of likely N-dealkylation sites (N-methyl/N-ethyl adjacent to an activating group) is 1. The van der Waals surface area contributed by atoms with Crippen LogP contribution in [0.15, 0.2) is 84.9 Å². The first-order chi connectivity index (χ1) is 16.1.